The minimum Gasteiger partial charge on any atom is -0.481 e. The standard InChI is InChI=1S/C19H23N3O3S/c1-12(16(23)21-22-18(26)20-17(24)19(2,3)4)25-15-10-9-13-7-5-6-8-14(13)11-15/h5-12H,1-4H3,(H,21,23)(H2,20,22,24,26)/t12-/m0/s1. The van der Waals surface area contributed by atoms with Crippen molar-refractivity contribution in [1.82, 2.24) is 16.2 Å². The minimum absolute atomic E-state index is 0.0242. The summed E-state index contributed by atoms with van der Waals surface area (Å²) in [5.74, 6) is -0.0646. The molecule has 2 rings (SSSR count). The number of hydrogen-bond acceptors (Lipinski definition) is 4. The van der Waals surface area contributed by atoms with Crippen LogP contribution < -0.4 is 20.9 Å². The summed E-state index contributed by atoms with van der Waals surface area (Å²) in [6.07, 6.45) is -0.746. The van der Waals surface area contributed by atoms with Gasteiger partial charge in [-0.05, 0) is 42.0 Å². The maximum absolute atomic E-state index is 12.1. The Kier molecular flexibility index (Phi) is 6.15. The summed E-state index contributed by atoms with van der Waals surface area (Å²) in [5.41, 5.74) is 4.35. The monoisotopic (exact) mass is 373 g/mol. The highest BCUT2D eigenvalue weighted by Crippen LogP contribution is 2.21. The van der Waals surface area contributed by atoms with Crippen molar-refractivity contribution < 1.29 is 14.3 Å². The molecule has 2 amide bonds. The van der Waals surface area contributed by atoms with E-state index in [1.54, 1.807) is 27.7 Å². The number of rotatable bonds is 3. The van der Waals surface area contributed by atoms with Crippen molar-refractivity contribution in [3.8, 4) is 5.75 Å². The Morgan fingerprint density at radius 1 is 1.04 bits per heavy atom. The van der Waals surface area contributed by atoms with E-state index in [2.05, 4.69) is 16.2 Å². The van der Waals surface area contributed by atoms with E-state index in [1.165, 1.54) is 0 Å². The number of ether oxygens (including phenoxy) is 1. The van der Waals surface area contributed by atoms with Gasteiger partial charge in [-0.15, -0.1) is 0 Å². The second-order valence-corrected chi connectivity index (χ2v) is 7.32. The van der Waals surface area contributed by atoms with Gasteiger partial charge in [0.25, 0.3) is 5.91 Å². The van der Waals surface area contributed by atoms with Crippen LogP contribution in [0.25, 0.3) is 10.8 Å². The van der Waals surface area contributed by atoms with E-state index in [-0.39, 0.29) is 11.0 Å². The second-order valence-electron chi connectivity index (χ2n) is 6.92. The molecule has 0 aliphatic carbocycles. The third-order valence-corrected chi connectivity index (χ3v) is 3.81. The molecule has 0 aliphatic rings. The second kappa shape index (κ2) is 8.14. The molecule has 2 aromatic carbocycles. The van der Waals surface area contributed by atoms with E-state index in [4.69, 9.17) is 17.0 Å². The molecule has 26 heavy (non-hydrogen) atoms. The molecular weight excluding hydrogens is 350 g/mol. The lowest BCUT2D eigenvalue weighted by Crippen LogP contribution is -2.53. The van der Waals surface area contributed by atoms with Gasteiger partial charge in [0.2, 0.25) is 5.91 Å². The highest BCUT2D eigenvalue weighted by atomic mass is 32.1. The van der Waals surface area contributed by atoms with Gasteiger partial charge < -0.3 is 10.1 Å². The van der Waals surface area contributed by atoms with Gasteiger partial charge in [0.05, 0.1) is 0 Å². The Morgan fingerprint density at radius 2 is 1.69 bits per heavy atom. The van der Waals surface area contributed by atoms with E-state index < -0.39 is 17.4 Å². The lowest BCUT2D eigenvalue weighted by molar-refractivity contribution is -0.128. The Morgan fingerprint density at radius 3 is 2.35 bits per heavy atom. The molecule has 0 heterocycles. The van der Waals surface area contributed by atoms with Crippen LogP contribution in [0.4, 0.5) is 0 Å². The Labute approximate surface area is 158 Å². The first kappa shape index (κ1) is 19.7. The summed E-state index contributed by atoms with van der Waals surface area (Å²) in [4.78, 5) is 24.0. The molecule has 0 unspecified atom stereocenters. The number of carbonyl (C=O) groups excluding carboxylic acids is 2. The maximum atomic E-state index is 12.1. The van der Waals surface area contributed by atoms with Gasteiger partial charge in [-0.3, -0.25) is 20.4 Å². The molecule has 0 aliphatic heterocycles. The summed E-state index contributed by atoms with van der Waals surface area (Å²) in [6.45, 7) is 6.93. The first-order chi connectivity index (χ1) is 12.2. The Balaban J connectivity index is 1.86. The van der Waals surface area contributed by atoms with Crippen LogP contribution in [0.15, 0.2) is 42.5 Å². The molecule has 3 N–H and O–H groups in total. The lowest BCUT2D eigenvalue weighted by Gasteiger charge is -2.20. The van der Waals surface area contributed by atoms with Crippen LogP contribution in [0.5, 0.6) is 5.75 Å². The molecule has 0 aromatic heterocycles. The number of hydrogen-bond donors (Lipinski definition) is 3. The fourth-order valence-electron chi connectivity index (χ4n) is 2.04. The summed E-state index contributed by atoms with van der Waals surface area (Å²) in [6, 6.07) is 13.5. The SMILES string of the molecule is C[C@H](Oc1ccc2ccccc2c1)C(=O)NNC(=S)NC(=O)C(C)(C)C. The van der Waals surface area contributed by atoms with Crippen LogP contribution in [0.2, 0.25) is 0 Å². The van der Waals surface area contributed by atoms with E-state index in [0.717, 1.165) is 10.8 Å². The third-order valence-electron chi connectivity index (χ3n) is 3.61. The molecule has 2 aromatic rings. The number of hydrazine groups is 1. The molecule has 6 nitrogen and oxygen atoms in total. The van der Waals surface area contributed by atoms with Crippen molar-refractivity contribution >= 4 is 39.9 Å². The van der Waals surface area contributed by atoms with E-state index in [0.29, 0.717) is 5.75 Å². The van der Waals surface area contributed by atoms with Crippen LogP contribution in [0.1, 0.15) is 27.7 Å². The topological polar surface area (TPSA) is 79.5 Å². The number of fused-ring (bicyclic) bond motifs is 1. The first-order valence-corrected chi connectivity index (χ1v) is 8.64. The highest BCUT2D eigenvalue weighted by Gasteiger charge is 2.22. The van der Waals surface area contributed by atoms with E-state index in [9.17, 15) is 9.59 Å². The molecule has 0 saturated carbocycles. The smallest absolute Gasteiger partial charge is 0.279 e. The molecule has 138 valence electrons. The zero-order valence-corrected chi connectivity index (χ0v) is 16.1. The Bertz CT molecular complexity index is 830. The molecule has 1 atom stereocenters. The molecule has 7 heteroatoms. The summed E-state index contributed by atoms with van der Waals surface area (Å²) in [5, 5.41) is 4.66. The number of nitrogens with one attached hydrogen (secondary N) is 3. The van der Waals surface area contributed by atoms with Gasteiger partial charge in [-0.1, -0.05) is 51.1 Å². The normalized spacial score (nSPS) is 12.2. The van der Waals surface area contributed by atoms with E-state index >= 15 is 0 Å². The lowest BCUT2D eigenvalue weighted by atomic mass is 9.96. The van der Waals surface area contributed by atoms with Crippen molar-refractivity contribution in [2.75, 3.05) is 0 Å². The predicted octanol–water partition coefficient (Wildman–Crippen LogP) is 2.68. The average molecular weight is 373 g/mol. The van der Waals surface area contributed by atoms with Gasteiger partial charge in [0, 0.05) is 5.41 Å². The average Bonchev–Trinajstić information content (AvgIpc) is 2.58. The van der Waals surface area contributed by atoms with Crippen LogP contribution in [-0.2, 0) is 9.59 Å². The molecule has 0 radical (unpaired) electrons. The number of amides is 2. The van der Waals surface area contributed by atoms with Crippen molar-refractivity contribution in [2.45, 2.75) is 33.8 Å². The van der Waals surface area contributed by atoms with Gasteiger partial charge >= 0.3 is 0 Å². The summed E-state index contributed by atoms with van der Waals surface area (Å²) < 4.78 is 5.67. The predicted molar refractivity (Wildman–Crippen MR) is 106 cm³/mol. The summed E-state index contributed by atoms with van der Waals surface area (Å²) >= 11 is 4.99. The van der Waals surface area contributed by atoms with Crippen molar-refractivity contribution in [3.05, 3.63) is 42.5 Å². The molecule has 0 fully saturated rings. The third kappa shape index (κ3) is 5.42. The molecule has 0 spiro atoms. The van der Waals surface area contributed by atoms with E-state index in [1.807, 2.05) is 42.5 Å². The van der Waals surface area contributed by atoms with Crippen LogP contribution in [-0.4, -0.2) is 23.0 Å². The fraction of sp³-hybridized carbons (Fsp3) is 0.316. The molecular formula is C19H23N3O3S. The quantitative estimate of drug-likeness (QED) is 0.569. The highest BCUT2D eigenvalue weighted by molar-refractivity contribution is 7.80. The van der Waals surface area contributed by atoms with Crippen LogP contribution in [0, 0.1) is 5.41 Å². The van der Waals surface area contributed by atoms with Crippen molar-refractivity contribution in [3.63, 3.8) is 0 Å². The van der Waals surface area contributed by atoms with Gasteiger partial charge in [0.15, 0.2) is 11.2 Å². The number of thiocarbonyl (C=S) groups is 1. The zero-order valence-electron chi connectivity index (χ0n) is 15.3. The maximum Gasteiger partial charge on any atom is 0.279 e. The number of carbonyl (C=O) groups is 2. The summed E-state index contributed by atoms with van der Waals surface area (Å²) in [7, 11) is 0. The first-order valence-electron chi connectivity index (χ1n) is 8.23. The Hall–Kier alpha value is -2.67. The fourth-order valence-corrected chi connectivity index (χ4v) is 2.18. The number of benzene rings is 2. The molecule has 0 bridgehead atoms. The molecule has 0 saturated heterocycles. The van der Waals surface area contributed by atoms with Gasteiger partial charge in [0.1, 0.15) is 5.75 Å². The van der Waals surface area contributed by atoms with Crippen molar-refractivity contribution in [1.29, 1.82) is 0 Å². The van der Waals surface area contributed by atoms with Crippen LogP contribution in [0.3, 0.4) is 0 Å². The zero-order chi connectivity index (χ0) is 19.3. The minimum atomic E-state index is -0.746. The van der Waals surface area contributed by atoms with Crippen molar-refractivity contribution in [2.24, 2.45) is 5.41 Å². The largest absolute Gasteiger partial charge is 0.481 e. The van der Waals surface area contributed by atoms with Gasteiger partial charge in [-0.2, -0.15) is 0 Å². The van der Waals surface area contributed by atoms with Gasteiger partial charge in [-0.25, -0.2) is 0 Å². The van der Waals surface area contributed by atoms with Crippen LogP contribution >= 0.6 is 12.2 Å².